The van der Waals surface area contributed by atoms with Crippen molar-refractivity contribution < 1.29 is 0 Å². The zero-order valence-electron chi connectivity index (χ0n) is 15.7. The topological polar surface area (TPSA) is 46.8 Å². The molecule has 0 bridgehead atoms. The molecule has 1 aliphatic carbocycles. The van der Waals surface area contributed by atoms with E-state index < -0.39 is 0 Å². The molecule has 0 radical (unpaired) electrons. The predicted octanol–water partition coefficient (Wildman–Crippen LogP) is 4.37. The molecular weight excluding hydrogens is 334 g/mol. The van der Waals surface area contributed by atoms with Gasteiger partial charge >= 0.3 is 0 Å². The summed E-state index contributed by atoms with van der Waals surface area (Å²) >= 11 is 6.35. The summed E-state index contributed by atoms with van der Waals surface area (Å²) in [5.74, 6) is 1.72. The second-order valence-electron chi connectivity index (χ2n) is 7.18. The van der Waals surface area contributed by atoms with Crippen LogP contribution in [0.4, 0.5) is 0 Å². The summed E-state index contributed by atoms with van der Waals surface area (Å²) in [5.41, 5.74) is 1.88. The van der Waals surface area contributed by atoms with Crippen molar-refractivity contribution in [2.24, 2.45) is 5.92 Å². The highest BCUT2D eigenvalue weighted by Crippen LogP contribution is 2.43. The average Bonchev–Trinajstić information content (AvgIpc) is 3.10. The van der Waals surface area contributed by atoms with E-state index >= 15 is 0 Å². The molecule has 1 aromatic carbocycles. The van der Waals surface area contributed by atoms with Crippen molar-refractivity contribution in [1.29, 1.82) is 0 Å². The van der Waals surface area contributed by atoms with Gasteiger partial charge in [-0.3, -0.25) is 4.90 Å². The van der Waals surface area contributed by atoms with Crippen molar-refractivity contribution in [2.45, 2.75) is 58.9 Å². The molecule has 6 heteroatoms. The van der Waals surface area contributed by atoms with Gasteiger partial charge in [0, 0.05) is 5.02 Å². The summed E-state index contributed by atoms with van der Waals surface area (Å²) in [6.45, 7) is 10.8. The van der Waals surface area contributed by atoms with Crippen LogP contribution >= 0.6 is 11.6 Å². The van der Waals surface area contributed by atoms with Gasteiger partial charge in [-0.1, -0.05) is 38.4 Å². The number of hydrogen-bond acceptors (Lipinski definition) is 4. The van der Waals surface area contributed by atoms with E-state index in [0.29, 0.717) is 0 Å². The van der Waals surface area contributed by atoms with Crippen molar-refractivity contribution >= 4 is 11.6 Å². The lowest BCUT2D eigenvalue weighted by Crippen LogP contribution is -2.50. The molecule has 3 rings (SSSR count). The van der Waals surface area contributed by atoms with E-state index in [-0.39, 0.29) is 5.54 Å². The van der Waals surface area contributed by atoms with Crippen LogP contribution in [0.25, 0.3) is 5.69 Å². The number of aromatic nitrogens is 4. The van der Waals surface area contributed by atoms with Crippen molar-refractivity contribution in [3.8, 4) is 5.69 Å². The molecule has 1 fully saturated rings. The third-order valence-corrected chi connectivity index (χ3v) is 6.23. The third-order valence-electron chi connectivity index (χ3n) is 5.82. The first kappa shape index (κ1) is 18.3. The van der Waals surface area contributed by atoms with Gasteiger partial charge in [-0.15, -0.1) is 5.10 Å². The van der Waals surface area contributed by atoms with Crippen molar-refractivity contribution in [3.05, 3.63) is 34.6 Å². The van der Waals surface area contributed by atoms with Gasteiger partial charge in [0.05, 0.1) is 11.2 Å². The third kappa shape index (κ3) is 3.20. The molecule has 0 amide bonds. The molecule has 25 heavy (non-hydrogen) atoms. The molecule has 1 aromatic heterocycles. The lowest BCUT2D eigenvalue weighted by Gasteiger charge is -2.46. The Kier molecular flexibility index (Phi) is 5.44. The number of tetrazole rings is 1. The molecule has 0 unspecified atom stereocenters. The van der Waals surface area contributed by atoms with Crippen LogP contribution in [0.3, 0.4) is 0 Å². The maximum atomic E-state index is 6.35. The van der Waals surface area contributed by atoms with Gasteiger partial charge in [-0.2, -0.15) is 4.68 Å². The van der Waals surface area contributed by atoms with Crippen LogP contribution in [0, 0.1) is 12.8 Å². The molecule has 2 aromatic rings. The van der Waals surface area contributed by atoms with E-state index in [1.807, 2.05) is 29.8 Å². The maximum absolute atomic E-state index is 6.35. The summed E-state index contributed by atoms with van der Waals surface area (Å²) in [6.07, 6.45) is 4.60. The smallest absolute Gasteiger partial charge is 0.176 e. The van der Waals surface area contributed by atoms with Crippen LogP contribution in [0.1, 0.15) is 57.8 Å². The molecular formula is C19H28ClN5. The monoisotopic (exact) mass is 361 g/mol. The predicted molar refractivity (Wildman–Crippen MR) is 101 cm³/mol. The van der Waals surface area contributed by atoms with Crippen molar-refractivity contribution in [2.75, 3.05) is 13.1 Å². The van der Waals surface area contributed by atoms with Crippen molar-refractivity contribution in [1.82, 2.24) is 25.1 Å². The zero-order valence-corrected chi connectivity index (χ0v) is 16.4. The number of nitrogens with zero attached hydrogens (tertiary/aromatic N) is 5. The highest BCUT2D eigenvalue weighted by Gasteiger charge is 2.44. The molecule has 0 aliphatic heterocycles. The molecule has 1 aliphatic rings. The van der Waals surface area contributed by atoms with E-state index in [4.69, 9.17) is 11.6 Å². The Morgan fingerprint density at radius 3 is 2.56 bits per heavy atom. The summed E-state index contributed by atoms with van der Waals surface area (Å²) in [7, 11) is 0. The molecule has 0 spiro atoms. The van der Waals surface area contributed by atoms with Gasteiger partial charge in [0.2, 0.25) is 0 Å². The van der Waals surface area contributed by atoms with Gasteiger partial charge in [0.1, 0.15) is 0 Å². The van der Waals surface area contributed by atoms with Gasteiger partial charge in [0.15, 0.2) is 5.82 Å². The van der Waals surface area contributed by atoms with Crippen LogP contribution in [-0.2, 0) is 5.54 Å². The second-order valence-corrected chi connectivity index (χ2v) is 7.59. The zero-order chi connectivity index (χ0) is 18.0. The first-order chi connectivity index (χ1) is 12.0. The summed E-state index contributed by atoms with van der Waals surface area (Å²) < 4.78 is 1.91. The molecule has 5 nitrogen and oxygen atoms in total. The van der Waals surface area contributed by atoms with E-state index in [0.717, 1.165) is 53.9 Å². The molecule has 1 saturated carbocycles. The van der Waals surface area contributed by atoms with E-state index in [1.165, 1.54) is 12.8 Å². The Balaban J connectivity index is 2.13. The van der Waals surface area contributed by atoms with Crippen LogP contribution < -0.4 is 0 Å². The highest BCUT2D eigenvalue weighted by atomic mass is 35.5. The minimum absolute atomic E-state index is 0.103. The van der Waals surface area contributed by atoms with E-state index in [2.05, 4.69) is 41.2 Å². The summed E-state index contributed by atoms with van der Waals surface area (Å²) in [4.78, 5) is 2.53. The molecule has 1 heterocycles. The fourth-order valence-electron chi connectivity index (χ4n) is 4.21. The van der Waals surface area contributed by atoms with Crippen LogP contribution in [0.15, 0.2) is 18.2 Å². The number of benzene rings is 1. The number of halogens is 1. The Morgan fingerprint density at radius 1 is 1.24 bits per heavy atom. The Labute approximate surface area is 155 Å². The first-order valence-electron chi connectivity index (χ1n) is 9.33. The first-order valence-corrected chi connectivity index (χ1v) is 9.70. The Morgan fingerprint density at radius 2 is 1.92 bits per heavy atom. The van der Waals surface area contributed by atoms with E-state index in [1.54, 1.807) is 0 Å². The van der Waals surface area contributed by atoms with Crippen LogP contribution in [0.5, 0.6) is 0 Å². The van der Waals surface area contributed by atoms with Gasteiger partial charge in [-0.05, 0) is 79.7 Å². The lowest BCUT2D eigenvalue weighted by atomic mass is 9.75. The number of rotatable bonds is 5. The molecule has 136 valence electrons. The van der Waals surface area contributed by atoms with Gasteiger partial charge in [-0.25, -0.2) is 0 Å². The highest BCUT2D eigenvalue weighted by molar-refractivity contribution is 6.31. The summed E-state index contributed by atoms with van der Waals surface area (Å²) in [6, 6.07) is 5.92. The molecule has 0 atom stereocenters. The standard InChI is InChI=1S/C19H28ClN5/c1-5-24(6-2)19(12-10-14(3)11-13-19)18-21-22-23-25(18)17-9-7-8-16(20)15(17)4/h7-9,14H,5-6,10-13H2,1-4H3. The molecule has 0 saturated heterocycles. The Hall–Kier alpha value is -1.46. The van der Waals surface area contributed by atoms with Crippen molar-refractivity contribution in [3.63, 3.8) is 0 Å². The second kappa shape index (κ2) is 7.42. The summed E-state index contributed by atoms with van der Waals surface area (Å²) in [5, 5.41) is 13.7. The SMILES string of the molecule is CCN(CC)C1(c2nnnn2-c2cccc(Cl)c2C)CCC(C)CC1. The van der Waals surface area contributed by atoms with Gasteiger partial charge in [0.25, 0.3) is 0 Å². The Bertz CT molecular complexity index is 714. The maximum Gasteiger partial charge on any atom is 0.176 e. The largest absolute Gasteiger partial charge is 0.291 e. The molecule has 0 N–H and O–H groups in total. The lowest BCUT2D eigenvalue weighted by molar-refractivity contribution is 0.0336. The fraction of sp³-hybridized carbons (Fsp3) is 0.632. The number of hydrogen-bond donors (Lipinski definition) is 0. The normalized spacial score (nSPS) is 24.0. The average molecular weight is 362 g/mol. The minimum Gasteiger partial charge on any atom is -0.291 e. The van der Waals surface area contributed by atoms with Gasteiger partial charge < -0.3 is 0 Å². The van der Waals surface area contributed by atoms with Crippen LogP contribution in [0.2, 0.25) is 5.02 Å². The quantitative estimate of drug-likeness (QED) is 0.793. The van der Waals surface area contributed by atoms with Crippen LogP contribution in [-0.4, -0.2) is 38.2 Å². The minimum atomic E-state index is -0.103. The van der Waals surface area contributed by atoms with E-state index in [9.17, 15) is 0 Å². The fourth-order valence-corrected chi connectivity index (χ4v) is 4.38.